The lowest BCUT2D eigenvalue weighted by Gasteiger charge is -2.37. The third kappa shape index (κ3) is 4.59. The molecule has 7 heteroatoms. The Balaban J connectivity index is 3.22. The van der Waals surface area contributed by atoms with Crippen molar-refractivity contribution in [2.75, 3.05) is 6.61 Å². The van der Waals surface area contributed by atoms with Crippen molar-refractivity contribution >= 4 is 0 Å². The third-order valence-corrected chi connectivity index (χ3v) is 3.41. The van der Waals surface area contributed by atoms with Crippen LogP contribution in [0.4, 0.5) is 13.2 Å². The van der Waals surface area contributed by atoms with Crippen molar-refractivity contribution in [3.63, 3.8) is 0 Å². The number of benzene rings is 1. The lowest BCUT2D eigenvalue weighted by molar-refractivity contribution is -0.275. The van der Waals surface area contributed by atoms with Gasteiger partial charge in [0.2, 0.25) is 0 Å². The van der Waals surface area contributed by atoms with Crippen LogP contribution in [0.15, 0.2) is 24.3 Å². The topological polar surface area (TPSA) is 56.5 Å². The zero-order valence-electron chi connectivity index (χ0n) is 12.3. The second-order valence-corrected chi connectivity index (χ2v) is 4.78. The largest absolute Gasteiger partial charge is 0.573 e. The van der Waals surface area contributed by atoms with E-state index in [1.165, 1.54) is 12.1 Å². The van der Waals surface area contributed by atoms with E-state index in [0.29, 0.717) is 18.6 Å². The van der Waals surface area contributed by atoms with Crippen LogP contribution in [0.1, 0.15) is 38.8 Å². The molecule has 21 heavy (non-hydrogen) atoms. The highest BCUT2D eigenvalue weighted by Gasteiger charge is 2.38. The van der Waals surface area contributed by atoms with Gasteiger partial charge in [0, 0.05) is 12.2 Å². The molecule has 0 radical (unpaired) electrons. The Morgan fingerprint density at radius 1 is 1.24 bits per heavy atom. The molecule has 4 nitrogen and oxygen atoms in total. The van der Waals surface area contributed by atoms with Gasteiger partial charge in [0.15, 0.2) is 0 Å². The van der Waals surface area contributed by atoms with Crippen LogP contribution in [0.5, 0.6) is 5.75 Å². The molecule has 0 aliphatic carbocycles. The Morgan fingerprint density at radius 2 is 1.86 bits per heavy atom. The number of hydrogen-bond acceptors (Lipinski definition) is 4. The average molecular weight is 306 g/mol. The normalized spacial score (nSPS) is 16.3. The molecule has 3 N–H and O–H groups in total. The van der Waals surface area contributed by atoms with Gasteiger partial charge >= 0.3 is 6.36 Å². The summed E-state index contributed by atoms with van der Waals surface area (Å²) in [6.07, 6.45) is -4.19. The summed E-state index contributed by atoms with van der Waals surface area (Å²) in [6, 6.07) is 5.27. The van der Waals surface area contributed by atoms with E-state index in [9.17, 15) is 13.2 Å². The molecule has 0 amide bonds. The van der Waals surface area contributed by atoms with Crippen LogP contribution in [-0.2, 0) is 4.74 Å². The quantitative estimate of drug-likeness (QED) is 0.599. The Hall–Kier alpha value is -1.31. The maximum Gasteiger partial charge on any atom is 0.573 e. The minimum atomic E-state index is -4.76. The van der Waals surface area contributed by atoms with Crippen LogP contribution in [0.2, 0.25) is 0 Å². The molecule has 2 unspecified atom stereocenters. The van der Waals surface area contributed by atoms with Crippen molar-refractivity contribution in [2.45, 2.75) is 45.2 Å². The van der Waals surface area contributed by atoms with Crippen LogP contribution >= 0.6 is 0 Å². The molecule has 120 valence electrons. The van der Waals surface area contributed by atoms with Crippen molar-refractivity contribution in [3.8, 4) is 5.75 Å². The Morgan fingerprint density at radius 3 is 2.33 bits per heavy atom. The Labute approximate surface area is 122 Å². The molecule has 1 rings (SSSR count). The van der Waals surface area contributed by atoms with Gasteiger partial charge < -0.3 is 9.47 Å². The van der Waals surface area contributed by atoms with Crippen molar-refractivity contribution in [1.82, 2.24) is 5.43 Å². The van der Waals surface area contributed by atoms with E-state index in [2.05, 4.69) is 10.2 Å². The molecule has 0 aromatic heterocycles. The number of hydrazine groups is 1. The van der Waals surface area contributed by atoms with Gasteiger partial charge in [-0.15, -0.1) is 13.2 Å². The van der Waals surface area contributed by atoms with E-state index >= 15 is 0 Å². The van der Waals surface area contributed by atoms with Crippen LogP contribution in [0.3, 0.4) is 0 Å². The average Bonchev–Trinajstić information content (AvgIpc) is 2.40. The van der Waals surface area contributed by atoms with Gasteiger partial charge in [-0.1, -0.05) is 25.1 Å². The van der Waals surface area contributed by atoms with E-state index in [0.717, 1.165) is 0 Å². The number of nitrogens with one attached hydrogen (secondary N) is 1. The molecule has 0 bridgehead atoms. The number of para-hydroxylation sites is 1. The zero-order chi connectivity index (χ0) is 16.1. The maximum atomic E-state index is 12.5. The lowest BCUT2D eigenvalue weighted by atomic mass is 9.87. The van der Waals surface area contributed by atoms with Gasteiger partial charge in [-0.25, -0.2) is 5.43 Å². The molecular formula is C14H21F3N2O2. The number of ether oxygens (including phenoxy) is 2. The second kappa shape index (κ2) is 7.11. The van der Waals surface area contributed by atoms with Crippen LogP contribution in [0, 0.1) is 0 Å². The standard InChI is InChI=1S/C14H21F3N2O2/c1-4-13(3,20-5-2)12(19-18)10-8-6-7-9-11(10)21-14(15,16)17/h6-9,12,19H,4-5,18H2,1-3H3. The fourth-order valence-electron chi connectivity index (χ4n) is 2.25. The first-order valence-corrected chi connectivity index (χ1v) is 6.72. The molecule has 0 spiro atoms. The molecule has 0 aliphatic heterocycles. The molecule has 0 saturated heterocycles. The predicted molar refractivity (Wildman–Crippen MR) is 73.5 cm³/mol. The number of rotatable bonds is 7. The Bertz CT molecular complexity index is 454. The van der Waals surface area contributed by atoms with Gasteiger partial charge in [0.25, 0.3) is 0 Å². The predicted octanol–water partition coefficient (Wildman–Crippen LogP) is 3.29. The highest BCUT2D eigenvalue weighted by molar-refractivity contribution is 5.37. The summed E-state index contributed by atoms with van der Waals surface area (Å²) >= 11 is 0. The first-order valence-electron chi connectivity index (χ1n) is 6.72. The molecule has 2 atom stereocenters. The third-order valence-electron chi connectivity index (χ3n) is 3.41. The summed E-state index contributed by atoms with van der Waals surface area (Å²) < 4.78 is 47.3. The van der Waals surface area contributed by atoms with E-state index in [4.69, 9.17) is 10.6 Å². The van der Waals surface area contributed by atoms with Gasteiger partial charge in [-0.2, -0.15) is 0 Å². The minimum Gasteiger partial charge on any atom is -0.405 e. The van der Waals surface area contributed by atoms with Crippen LogP contribution < -0.4 is 16.0 Å². The summed E-state index contributed by atoms with van der Waals surface area (Å²) in [4.78, 5) is 0. The molecule has 0 aliphatic rings. The van der Waals surface area contributed by atoms with E-state index < -0.39 is 18.0 Å². The number of nitrogens with two attached hydrogens (primary N) is 1. The molecule has 0 fully saturated rings. The minimum absolute atomic E-state index is 0.285. The highest BCUT2D eigenvalue weighted by atomic mass is 19.4. The first-order chi connectivity index (χ1) is 9.77. The number of hydrogen-bond donors (Lipinski definition) is 2. The molecule has 0 saturated carbocycles. The van der Waals surface area contributed by atoms with E-state index in [1.807, 2.05) is 13.8 Å². The molecule has 0 heterocycles. The van der Waals surface area contributed by atoms with Crippen molar-refractivity contribution in [3.05, 3.63) is 29.8 Å². The molecule has 1 aromatic rings. The van der Waals surface area contributed by atoms with Crippen molar-refractivity contribution < 1.29 is 22.6 Å². The zero-order valence-corrected chi connectivity index (χ0v) is 12.3. The highest BCUT2D eigenvalue weighted by Crippen LogP contribution is 2.38. The summed E-state index contributed by atoms with van der Waals surface area (Å²) in [7, 11) is 0. The van der Waals surface area contributed by atoms with Crippen LogP contribution in [0.25, 0.3) is 0 Å². The summed E-state index contributed by atoms with van der Waals surface area (Å²) in [5, 5.41) is 0. The second-order valence-electron chi connectivity index (χ2n) is 4.78. The van der Waals surface area contributed by atoms with Crippen molar-refractivity contribution in [2.24, 2.45) is 5.84 Å². The summed E-state index contributed by atoms with van der Waals surface area (Å²) in [5.74, 6) is 5.28. The smallest absolute Gasteiger partial charge is 0.405 e. The van der Waals surface area contributed by atoms with Gasteiger partial charge in [-0.3, -0.25) is 5.84 Å². The molecular weight excluding hydrogens is 285 g/mol. The van der Waals surface area contributed by atoms with E-state index in [1.54, 1.807) is 19.1 Å². The fraction of sp³-hybridized carbons (Fsp3) is 0.571. The van der Waals surface area contributed by atoms with Crippen LogP contribution in [-0.4, -0.2) is 18.6 Å². The first kappa shape index (κ1) is 17.7. The maximum absolute atomic E-state index is 12.5. The number of alkyl halides is 3. The van der Waals surface area contributed by atoms with Gasteiger partial charge in [-0.05, 0) is 26.3 Å². The Kier molecular flexibility index (Phi) is 6.00. The summed E-state index contributed by atoms with van der Waals surface area (Å²) in [6.45, 7) is 5.92. The van der Waals surface area contributed by atoms with E-state index in [-0.39, 0.29) is 5.75 Å². The van der Waals surface area contributed by atoms with Crippen molar-refractivity contribution in [1.29, 1.82) is 0 Å². The lowest BCUT2D eigenvalue weighted by Crippen LogP contribution is -2.46. The van der Waals surface area contributed by atoms with Gasteiger partial charge in [0.05, 0.1) is 11.6 Å². The SMILES string of the molecule is CCOC(C)(CC)C(NN)c1ccccc1OC(F)(F)F. The summed E-state index contributed by atoms with van der Waals surface area (Å²) in [5.41, 5.74) is 2.09. The monoisotopic (exact) mass is 306 g/mol. The van der Waals surface area contributed by atoms with Gasteiger partial charge in [0.1, 0.15) is 5.75 Å². The number of halogens is 3. The molecule has 1 aromatic carbocycles. The fourth-order valence-corrected chi connectivity index (χ4v) is 2.25.